The second kappa shape index (κ2) is 7.48. The molecule has 4 rings (SSSR count). The van der Waals surface area contributed by atoms with E-state index in [2.05, 4.69) is 35.6 Å². The van der Waals surface area contributed by atoms with Crippen molar-refractivity contribution in [1.29, 1.82) is 0 Å². The van der Waals surface area contributed by atoms with Crippen LogP contribution in [-0.4, -0.2) is 55.1 Å². The van der Waals surface area contributed by atoms with Gasteiger partial charge in [-0.15, -0.1) is 5.10 Å². The highest BCUT2D eigenvalue weighted by molar-refractivity contribution is 5.77. The molecule has 0 amide bonds. The molecule has 0 aromatic carbocycles. The van der Waals surface area contributed by atoms with Crippen LogP contribution in [0.4, 0.5) is 17.5 Å². The first-order valence-corrected chi connectivity index (χ1v) is 8.54. The number of H-pyrrole nitrogens is 1. The number of rotatable bonds is 7. The average Bonchev–Trinajstić information content (AvgIpc) is 3.28. The number of hydrogen-bond donors (Lipinski definition) is 3. The summed E-state index contributed by atoms with van der Waals surface area (Å²) < 4.78 is 12.3. The summed E-state index contributed by atoms with van der Waals surface area (Å²) in [4.78, 5) is 13.3. The molecule has 11 heteroatoms. The van der Waals surface area contributed by atoms with Gasteiger partial charge >= 0.3 is 0 Å². The Labute approximate surface area is 159 Å². The van der Waals surface area contributed by atoms with E-state index < -0.39 is 0 Å². The molecule has 0 aliphatic carbocycles. The minimum Gasteiger partial charge on any atom is -0.474 e. The highest BCUT2D eigenvalue weighted by Gasteiger charge is 2.19. The molecular weight excluding hydrogens is 362 g/mol. The van der Waals surface area contributed by atoms with E-state index in [0.29, 0.717) is 59.4 Å². The van der Waals surface area contributed by atoms with Crippen molar-refractivity contribution in [2.75, 3.05) is 31.4 Å². The van der Waals surface area contributed by atoms with Crippen molar-refractivity contribution in [1.82, 2.24) is 34.8 Å². The summed E-state index contributed by atoms with van der Waals surface area (Å²) in [6.45, 7) is 2.62. The molecule has 0 unspecified atom stereocenters. The standard InChI is InChI=1S/C17H19N9O2/c1-10-20-11(9-12(18)21-10)16-17(22-13-5-6-19-24-13)23-14-3-4-15(25-26(14)16)28-8-7-27-2/h3-6,9H,7-8H2,1-2H3,(H2,18,20,21)(H2,19,22,24). The Balaban J connectivity index is 1.84. The molecule has 0 radical (unpaired) electrons. The van der Waals surface area contributed by atoms with Gasteiger partial charge in [-0.1, -0.05) is 0 Å². The molecule has 11 nitrogen and oxygen atoms in total. The number of nitrogens with one attached hydrogen (secondary N) is 2. The third-order valence-electron chi connectivity index (χ3n) is 3.84. The summed E-state index contributed by atoms with van der Waals surface area (Å²) in [5.74, 6) is 2.48. The fourth-order valence-electron chi connectivity index (χ4n) is 2.70. The smallest absolute Gasteiger partial charge is 0.231 e. The minimum atomic E-state index is 0.357. The predicted octanol–water partition coefficient (Wildman–Crippen LogP) is 1.57. The molecule has 0 atom stereocenters. The second-order valence-electron chi connectivity index (χ2n) is 5.90. The van der Waals surface area contributed by atoms with Gasteiger partial charge in [-0.3, -0.25) is 5.10 Å². The molecule has 4 aromatic rings. The number of imidazole rings is 1. The quantitative estimate of drug-likeness (QED) is 0.407. The zero-order chi connectivity index (χ0) is 19.5. The van der Waals surface area contributed by atoms with Crippen LogP contribution in [0.25, 0.3) is 17.0 Å². The van der Waals surface area contributed by atoms with Crippen molar-refractivity contribution in [3.8, 4) is 17.3 Å². The molecule has 0 bridgehead atoms. The van der Waals surface area contributed by atoms with Gasteiger partial charge in [0.25, 0.3) is 0 Å². The van der Waals surface area contributed by atoms with Crippen LogP contribution in [-0.2, 0) is 4.74 Å². The van der Waals surface area contributed by atoms with E-state index in [1.54, 1.807) is 42.9 Å². The minimum absolute atomic E-state index is 0.357. The van der Waals surface area contributed by atoms with Crippen molar-refractivity contribution in [2.24, 2.45) is 0 Å². The van der Waals surface area contributed by atoms with E-state index in [-0.39, 0.29) is 0 Å². The zero-order valence-corrected chi connectivity index (χ0v) is 15.4. The maximum Gasteiger partial charge on any atom is 0.231 e. The van der Waals surface area contributed by atoms with Crippen LogP contribution in [0.15, 0.2) is 30.5 Å². The Hall–Kier alpha value is -3.73. The van der Waals surface area contributed by atoms with Crippen molar-refractivity contribution in [3.05, 3.63) is 36.3 Å². The first kappa shape index (κ1) is 17.7. The lowest BCUT2D eigenvalue weighted by atomic mass is 10.3. The molecule has 144 valence electrons. The highest BCUT2D eigenvalue weighted by Crippen LogP contribution is 2.30. The fraction of sp³-hybridized carbons (Fsp3) is 0.235. The summed E-state index contributed by atoms with van der Waals surface area (Å²) in [5, 5.41) is 14.6. The number of hydrogen-bond acceptors (Lipinski definition) is 9. The van der Waals surface area contributed by atoms with Gasteiger partial charge in [-0.25, -0.2) is 19.5 Å². The summed E-state index contributed by atoms with van der Waals surface area (Å²) in [7, 11) is 1.61. The van der Waals surface area contributed by atoms with Crippen molar-refractivity contribution < 1.29 is 9.47 Å². The Kier molecular flexibility index (Phi) is 4.72. The van der Waals surface area contributed by atoms with E-state index >= 15 is 0 Å². The van der Waals surface area contributed by atoms with Crippen LogP contribution in [0.3, 0.4) is 0 Å². The summed E-state index contributed by atoms with van der Waals surface area (Å²) in [5.41, 5.74) is 7.74. The van der Waals surface area contributed by atoms with Gasteiger partial charge in [0, 0.05) is 31.5 Å². The van der Waals surface area contributed by atoms with E-state index in [1.165, 1.54) is 0 Å². The largest absolute Gasteiger partial charge is 0.474 e. The first-order chi connectivity index (χ1) is 13.6. The summed E-state index contributed by atoms with van der Waals surface area (Å²) in [6, 6.07) is 7.03. The number of methoxy groups -OCH3 is 1. The SMILES string of the molecule is COCCOc1ccc2nc(Nc3cc[nH]n3)c(-c3cc(N)nc(C)n3)n2n1. The van der Waals surface area contributed by atoms with Crippen LogP contribution < -0.4 is 15.8 Å². The maximum absolute atomic E-state index is 5.93. The molecule has 4 N–H and O–H groups in total. The van der Waals surface area contributed by atoms with Gasteiger partial charge in [0.15, 0.2) is 17.3 Å². The summed E-state index contributed by atoms with van der Waals surface area (Å²) in [6.07, 6.45) is 1.71. The van der Waals surface area contributed by atoms with Gasteiger partial charge in [-0.05, 0) is 13.0 Å². The molecule has 4 heterocycles. The fourth-order valence-corrected chi connectivity index (χ4v) is 2.70. The molecule has 0 fully saturated rings. The molecule has 0 saturated heterocycles. The molecule has 0 aliphatic rings. The van der Waals surface area contributed by atoms with Gasteiger partial charge in [0.05, 0.1) is 12.3 Å². The number of aryl methyl sites for hydroxylation is 1. The molecule has 0 aliphatic heterocycles. The number of fused-ring (bicyclic) bond motifs is 1. The summed E-state index contributed by atoms with van der Waals surface area (Å²) >= 11 is 0. The Morgan fingerprint density at radius 1 is 1.18 bits per heavy atom. The van der Waals surface area contributed by atoms with Crippen LogP contribution in [0.2, 0.25) is 0 Å². The van der Waals surface area contributed by atoms with Crippen molar-refractivity contribution in [2.45, 2.75) is 6.92 Å². The highest BCUT2D eigenvalue weighted by atomic mass is 16.5. The maximum atomic E-state index is 5.93. The number of nitrogen functional groups attached to an aromatic ring is 1. The van der Waals surface area contributed by atoms with Crippen LogP contribution in [0, 0.1) is 6.92 Å². The van der Waals surface area contributed by atoms with Crippen molar-refractivity contribution >= 4 is 23.1 Å². The Morgan fingerprint density at radius 3 is 2.82 bits per heavy atom. The zero-order valence-electron chi connectivity index (χ0n) is 15.4. The van der Waals surface area contributed by atoms with E-state index in [4.69, 9.17) is 15.2 Å². The molecule has 0 saturated carbocycles. The second-order valence-corrected chi connectivity index (χ2v) is 5.90. The van der Waals surface area contributed by atoms with E-state index in [1.807, 2.05) is 6.07 Å². The topological polar surface area (TPSA) is 141 Å². The number of ether oxygens (including phenoxy) is 2. The van der Waals surface area contributed by atoms with Gasteiger partial charge < -0.3 is 20.5 Å². The Bertz CT molecular complexity index is 1070. The van der Waals surface area contributed by atoms with E-state index in [0.717, 1.165) is 0 Å². The number of nitrogens with zero attached hydrogens (tertiary/aromatic N) is 6. The lowest BCUT2D eigenvalue weighted by Crippen LogP contribution is -2.07. The normalized spacial score (nSPS) is 11.1. The number of aromatic nitrogens is 7. The number of nitrogens with two attached hydrogens (primary N) is 1. The third kappa shape index (κ3) is 3.55. The molecule has 28 heavy (non-hydrogen) atoms. The Morgan fingerprint density at radius 2 is 2.07 bits per heavy atom. The predicted molar refractivity (Wildman–Crippen MR) is 102 cm³/mol. The number of anilines is 3. The van der Waals surface area contributed by atoms with Gasteiger partial charge in [-0.2, -0.15) is 5.10 Å². The lowest BCUT2D eigenvalue weighted by molar-refractivity contribution is 0.143. The molecule has 4 aromatic heterocycles. The van der Waals surface area contributed by atoms with Crippen LogP contribution in [0.1, 0.15) is 5.82 Å². The molecular formula is C17H19N9O2. The third-order valence-corrected chi connectivity index (χ3v) is 3.84. The molecule has 0 spiro atoms. The van der Waals surface area contributed by atoms with Crippen LogP contribution in [0.5, 0.6) is 5.88 Å². The van der Waals surface area contributed by atoms with Crippen LogP contribution >= 0.6 is 0 Å². The van der Waals surface area contributed by atoms with E-state index in [9.17, 15) is 0 Å². The number of aromatic amines is 1. The van der Waals surface area contributed by atoms with Crippen molar-refractivity contribution in [3.63, 3.8) is 0 Å². The monoisotopic (exact) mass is 381 g/mol. The average molecular weight is 381 g/mol. The van der Waals surface area contributed by atoms with Gasteiger partial charge in [0.1, 0.15) is 23.9 Å². The lowest BCUT2D eigenvalue weighted by Gasteiger charge is -2.08. The van der Waals surface area contributed by atoms with Gasteiger partial charge in [0.2, 0.25) is 5.88 Å². The first-order valence-electron chi connectivity index (χ1n) is 8.54.